The summed E-state index contributed by atoms with van der Waals surface area (Å²) in [7, 11) is -5.24. The minimum absolute atomic E-state index is 0.0473. The fraction of sp³-hybridized carbons (Fsp3) is 0.500. The molecule has 0 radical (unpaired) electrons. The summed E-state index contributed by atoms with van der Waals surface area (Å²) in [6.07, 6.45) is 0. The predicted octanol–water partition coefficient (Wildman–Crippen LogP) is -1.52. The average molecular weight is 294 g/mol. The summed E-state index contributed by atoms with van der Waals surface area (Å²) in [5, 5.41) is 8.19. The van der Waals surface area contributed by atoms with Gasteiger partial charge in [-0.15, -0.1) is 0 Å². The Balaban J connectivity index is -0.000000205. The number of carbonyl (C=O) groups is 1. The molecule has 0 bridgehead atoms. The molecule has 9 nitrogen and oxygen atoms in total. The highest BCUT2D eigenvalue weighted by molar-refractivity contribution is 7.38. The van der Waals surface area contributed by atoms with Gasteiger partial charge in [0.05, 0.1) is 6.61 Å². The van der Waals surface area contributed by atoms with E-state index in [0.29, 0.717) is 5.57 Å². The molecule has 0 aromatic heterocycles. The molecule has 0 atom stereocenters. The van der Waals surface area contributed by atoms with Crippen LogP contribution in [0.2, 0.25) is 0 Å². The highest BCUT2D eigenvalue weighted by atomic mass is 31.2. The summed E-state index contributed by atoms with van der Waals surface area (Å²) < 4.78 is 4.46. The molecule has 0 saturated carbocycles. The molecule has 0 fully saturated rings. The second-order valence-electron chi connectivity index (χ2n) is 2.18. The van der Waals surface area contributed by atoms with Crippen molar-refractivity contribution >= 4 is 23.2 Å². The third kappa shape index (κ3) is 49.5. The maximum Gasteiger partial charge on any atom is 0.333 e. The van der Waals surface area contributed by atoms with E-state index in [-0.39, 0.29) is 13.2 Å². The normalized spacial score (nSPS) is 8.82. The highest BCUT2D eigenvalue weighted by Gasteiger charge is 1.99. The number of hydrogen-bond donors (Lipinski definition) is 7. The Morgan fingerprint density at radius 2 is 1.41 bits per heavy atom. The Hall–Kier alpha value is -0.210. The van der Waals surface area contributed by atoms with Crippen molar-refractivity contribution in [1.82, 2.24) is 0 Å². The van der Waals surface area contributed by atoms with Gasteiger partial charge in [-0.05, 0) is 6.92 Å². The van der Waals surface area contributed by atoms with Gasteiger partial charge >= 0.3 is 23.2 Å². The van der Waals surface area contributed by atoms with Crippen molar-refractivity contribution in [2.45, 2.75) is 6.92 Å². The van der Waals surface area contributed by atoms with Crippen LogP contribution in [0.15, 0.2) is 12.2 Å². The Labute approximate surface area is 100 Å². The van der Waals surface area contributed by atoms with Crippen molar-refractivity contribution in [2.75, 3.05) is 13.2 Å². The molecule has 0 aliphatic heterocycles. The molecule has 104 valence electrons. The monoisotopic (exact) mass is 294 g/mol. The molecule has 0 aliphatic rings. The smallest absolute Gasteiger partial charge is 0.333 e. The zero-order chi connectivity index (χ0) is 14.4. The van der Waals surface area contributed by atoms with E-state index in [4.69, 9.17) is 34.5 Å². The SMILES string of the molecule is C=C(C)C(=O)OCCO.OP(O)O.OP(O)O. The minimum atomic E-state index is -2.62. The van der Waals surface area contributed by atoms with Crippen LogP contribution < -0.4 is 0 Å². The lowest BCUT2D eigenvalue weighted by atomic mass is 10.4. The fourth-order valence-corrected chi connectivity index (χ4v) is 0.262. The molecule has 0 aromatic carbocycles. The highest BCUT2D eigenvalue weighted by Crippen LogP contribution is 2.12. The van der Waals surface area contributed by atoms with Gasteiger partial charge in [0.25, 0.3) is 0 Å². The van der Waals surface area contributed by atoms with Gasteiger partial charge in [0.2, 0.25) is 0 Å². The van der Waals surface area contributed by atoms with Crippen LogP contribution in [-0.4, -0.2) is 53.7 Å². The molecular formula is C6H16O9P2. The van der Waals surface area contributed by atoms with E-state index < -0.39 is 23.2 Å². The van der Waals surface area contributed by atoms with E-state index in [2.05, 4.69) is 11.3 Å². The summed E-state index contributed by atoms with van der Waals surface area (Å²) in [6.45, 7) is 4.81. The number of ether oxygens (including phenoxy) is 1. The van der Waals surface area contributed by atoms with Crippen molar-refractivity contribution < 1.29 is 44.0 Å². The van der Waals surface area contributed by atoms with Crippen LogP contribution in [0.3, 0.4) is 0 Å². The van der Waals surface area contributed by atoms with Crippen LogP contribution in [-0.2, 0) is 9.53 Å². The lowest BCUT2D eigenvalue weighted by Gasteiger charge is -1.99. The lowest BCUT2D eigenvalue weighted by Crippen LogP contribution is -2.08. The van der Waals surface area contributed by atoms with Gasteiger partial charge in [0.1, 0.15) is 6.61 Å². The summed E-state index contributed by atoms with van der Waals surface area (Å²) in [5.74, 6) is -0.455. The van der Waals surface area contributed by atoms with Crippen LogP contribution in [0, 0.1) is 0 Å². The standard InChI is InChI=1S/C6H10O3.2H3O3P/c1-5(2)6(8)9-4-3-7;2*1-4(2)3/h7H,1,3-4H2,2H3;2*1-3H. The van der Waals surface area contributed by atoms with Crippen LogP contribution in [0.4, 0.5) is 0 Å². The molecular weight excluding hydrogens is 278 g/mol. The molecule has 0 unspecified atom stereocenters. The predicted molar refractivity (Wildman–Crippen MR) is 60.0 cm³/mol. The first-order chi connectivity index (χ1) is 7.64. The van der Waals surface area contributed by atoms with E-state index in [1.165, 1.54) is 0 Å². The van der Waals surface area contributed by atoms with Crippen LogP contribution in [0.5, 0.6) is 0 Å². The quantitative estimate of drug-likeness (QED) is 0.185. The van der Waals surface area contributed by atoms with E-state index in [0.717, 1.165) is 0 Å². The van der Waals surface area contributed by atoms with Crippen molar-refractivity contribution in [1.29, 1.82) is 0 Å². The van der Waals surface area contributed by atoms with Crippen molar-refractivity contribution in [3.63, 3.8) is 0 Å². The Bertz CT molecular complexity index is 184. The number of aliphatic hydroxyl groups excluding tert-OH is 1. The zero-order valence-corrected chi connectivity index (χ0v) is 10.8. The Morgan fingerprint density at radius 1 is 1.12 bits per heavy atom. The summed E-state index contributed by atoms with van der Waals surface area (Å²) >= 11 is 0. The maximum absolute atomic E-state index is 10.5. The molecule has 7 N–H and O–H groups in total. The average Bonchev–Trinajstić information content (AvgIpc) is 2.12. The molecule has 0 amide bonds. The first-order valence-corrected chi connectivity index (χ1v) is 6.22. The minimum Gasteiger partial charge on any atom is -0.460 e. The first kappa shape index (κ1) is 22.0. The summed E-state index contributed by atoms with van der Waals surface area (Å²) in [4.78, 5) is 53.9. The number of hydrogen-bond acceptors (Lipinski definition) is 9. The second-order valence-corrected chi connectivity index (χ2v) is 3.25. The molecule has 17 heavy (non-hydrogen) atoms. The van der Waals surface area contributed by atoms with Crippen LogP contribution >= 0.6 is 17.2 Å². The topological polar surface area (TPSA) is 168 Å². The maximum atomic E-state index is 10.5. The number of aliphatic hydroxyl groups is 1. The molecule has 0 heterocycles. The van der Waals surface area contributed by atoms with Gasteiger partial charge in [-0.1, -0.05) is 6.58 Å². The van der Waals surface area contributed by atoms with E-state index in [1.807, 2.05) is 0 Å². The van der Waals surface area contributed by atoms with Gasteiger partial charge in [0.15, 0.2) is 0 Å². The molecule has 0 rings (SSSR count). The third-order valence-corrected chi connectivity index (χ3v) is 0.673. The largest absolute Gasteiger partial charge is 0.460 e. The van der Waals surface area contributed by atoms with E-state index >= 15 is 0 Å². The zero-order valence-electron chi connectivity index (χ0n) is 8.96. The van der Waals surface area contributed by atoms with E-state index in [1.54, 1.807) is 6.92 Å². The summed E-state index contributed by atoms with van der Waals surface area (Å²) in [5.41, 5.74) is 0.350. The van der Waals surface area contributed by atoms with Crippen LogP contribution in [0.1, 0.15) is 6.92 Å². The summed E-state index contributed by atoms with van der Waals surface area (Å²) in [6, 6.07) is 0. The number of carbonyl (C=O) groups excluding carboxylic acids is 1. The van der Waals surface area contributed by atoms with Crippen LogP contribution in [0.25, 0.3) is 0 Å². The molecule has 0 spiro atoms. The van der Waals surface area contributed by atoms with Crippen molar-refractivity contribution in [3.8, 4) is 0 Å². The van der Waals surface area contributed by atoms with Crippen molar-refractivity contribution in [3.05, 3.63) is 12.2 Å². The van der Waals surface area contributed by atoms with Gasteiger partial charge in [-0.3, -0.25) is 0 Å². The molecule has 0 aliphatic carbocycles. The third-order valence-electron chi connectivity index (χ3n) is 0.673. The van der Waals surface area contributed by atoms with Gasteiger partial charge in [0, 0.05) is 5.57 Å². The lowest BCUT2D eigenvalue weighted by molar-refractivity contribution is -0.139. The molecule has 0 saturated heterocycles. The Kier molecular flexibility index (Phi) is 20.4. The van der Waals surface area contributed by atoms with Gasteiger partial charge in [-0.2, -0.15) is 0 Å². The molecule has 0 aromatic rings. The molecule has 11 heteroatoms. The van der Waals surface area contributed by atoms with Gasteiger partial charge in [-0.25, -0.2) is 4.79 Å². The first-order valence-electron chi connectivity index (χ1n) is 3.82. The number of esters is 1. The fourth-order valence-electron chi connectivity index (χ4n) is 0.262. The second kappa shape index (κ2) is 15.8. The van der Waals surface area contributed by atoms with Gasteiger partial charge < -0.3 is 39.2 Å². The Morgan fingerprint density at radius 3 is 1.59 bits per heavy atom. The number of rotatable bonds is 3. The van der Waals surface area contributed by atoms with Crippen molar-refractivity contribution in [2.24, 2.45) is 0 Å². The van der Waals surface area contributed by atoms with E-state index in [9.17, 15) is 4.79 Å².